The molecule has 0 saturated heterocycles. The maximum absolute atomic E-state index is 14.0. The molecule has 0 spiro atoms. The van der Waals surface area contributed by atoms with Crippen molar-refractivity contribution in [3.8, 4) is 22.6 Å². The van der Waals surface area contributed by atoms with E-state index in [4.69, 9.17) is 9.73 Å². The lowest BCUT2D eigenvalue weighted by atomic mass is 9.95. The smallest absolute Gasteiger partial charge is 0.150 e. The van der Waals surface area contributed by atoms with Gasteiger partial charge in [-0.05, 0) is 104 Å². The van der Waals surface area contributed by atoms with Gasteiger partial charge in [-0.15, -0.1) is 0 Å². The average molecular weight is 507 g/mol. The highest BCUT2D eigenvalue weighted by Gasteiger charge is 2.16. The number of allylic oxidation sites excluding steroid dienone is 2. The van der Waals surface area contributed by atoms with Crippen LogP contribution in [-0.4, -0.2) is 23.2 Å². The molecule has 0 bridgehead atoms. The maximum atomic E-state index is 14.0. The predicted octanol–water partition coefficient (Wildman–Crippen LogP) is 8.01. The molecule has 0 saturated carbocycles. The number of aryl methyl sites for hydroxylation is 1. The zero-order chi connectivity index (χ0) is 26.6. The third-order valence-corrected chi connectivity index (χ3v) is 6.95. The molecule has 192 valence electrons. The zero-order valence-electron chi connectivity index (χ0n) is 22.0. The second-order valence-corrected chi connectivity index (χ2v) is 9.54. The van der Waals surface area contributed by atoms with Gasteiger partial charge in [-0.3, -0.25) is 9.79 Å². The molecule has 4 aromatic rings. The number of hydrogen-bond acceptors (Lipinski definition) is 3. The molecule has 5 heteroatoms. The van der Waals surface area contributed by atoms with E-state index in [2.05, 4.69) is 47.9 Å². The molecule has 4 nitrogen and oxygen atoms in total. The summed E-state index contributed by atoms with van der Waals surface area (Å²) in [6.07, 6.45) is 5.44. The Morgan fingerprint density at radius 2 is 1.89 bits per heavy atom. The van der Waals surface area contributed by atoms with E-state index in [0.717, 1.165) is 70.0 Å². The van der Waals surface area contributed by atoms with E-state index in [1.165, 1.54) is 11.6 Å². The molecule has 0 atom stereocenters. The summed E-state index contributed by atoms with van der Waals surface area (Å²) >= 11 is 0. The van der Waals surface area contributed by atoms with Gasteiger partial charge in [-0.1, -0.05) is 30.7 Å². The number of aromatic nitrogens is 1. The fraction of sp³-hybridized carbons (Fsp3) is 0.212. The minimum absolute atomic E-state index is 0.258. The van der Waals surface area contributed by atoms with Crippen molar-refractivity contribution in [2.45, 2.75) is 40.0 Å². The average Bonchev–Trinajstić information content (AvgIpc) is 3.18. The van der Waals surface area contributed by atoms with Crippen molar-refractivity contribution in [2.75, 3.05) is 6.61 Å². The molecule has 1 aromatic heterocycles. The van der Waals surface area contributed by atoms with Crippen LogP contribution >= 0.6 is 0 Å². The van der Waals surface area contributed by atoms with Gasteiger partial charge in [0.1, 0.15) is 11.6 Å². The summed E-state index contributed by atoms with van der Waals surface area (Å²) < 4.78 is 21.8. The summed E-state index contributed by atoms with van der Waals surface area (Å²) in [5.41, 5.74) is 9.57. The van der Waals surface area contributed by atoms with E-state index in [1.807, 2.05) is 32.0 Å². The van der Waals surface area contributed by atoms with E-state index in [0.29, 0.717) is 18.6 Å². The number of fused-ring (bicyclic) bond motifs is 1. The van der Waals surface area contributed by atoms with Crippen molar-refractivity contribution in [3.05, 3.63) is 113 Å². The first-order chi connectivity index (χ1) is 18.5. The highest BCUT2D eigenvalue weighted by atomic mass is 19.1. The van der Waals surface area contributed by atoms with Gasteiger partial charge >= 0.3 is 0 Å². The molecule has 0 unspecified atom stereocenters. The van der Waals surface area contributed by atoms with Gasteiger partial charge < -0.3 is 9.30 Å². The largest absolute Gasteiger partial charge is 0.494 e. The van der Waals surface area contributed by atoms with E-state index in [-0.39, 0.29) is 5.82 Å². The van der Waals surface area contributed by atoms with Gasteiger partial charge in [0.15, 0.2) is 6.29 Å². The zero-order valence-corrected chi connectivity index (χ0v) is 22.0. The number of nitrogens with zero attached hydrogens (tertiary/aromatic N) is 2. The Labute approximate surface area is 223 Å². The van der Waals surface area contributed by atoms with Gasteiger partial charge in [0, 0.05) is 34.8 Å². The van der Waals surface area contributed by atoms with Gasteiger partial charge in [0.2, 0.25) is 0 Å². The van der Waals surface area contributed by atoms with Crippen LogP contribution in [-0.2, 0) is 12.8 Å². The Balaban J connectivity index is 1.57. The minimum Gasteiger partial charge on any atom is -0.494 e. The van der Waals surface area contributed by atoms with Crippen molar-refractivity contribution >= 4 is 17.7 Å². The Hall–Kier alpha value is -4.25. The Morgan fingerprint density at radius 1 is 1.03 bits per heavy atom. The van der Waals surface area contributed by atoms with Crippen LogP contribution < -0.4 is 4.74 Å². The molecule has 0 amide bonds. The predicted molar refractivity (Wildman–Crippen MR) is 152 cm³/mol. The van der Waals surface area contributed by atoms with Crippen LogP contribution in [0.15, 0.2) is 89.4 Å². The van der Waals surface area contributed by atoms with Crippen LogP contribution in [0.5, 0.6) is 5.75 Å². The van der Waals surface area contributed by atoms with Crippen molar-refractivity contribution in [1.82, 2.24) is 4.57 Å². The SMILES string of the molecule is CCOc1ccc(C=O)c(-c2ccc3c(c2)N=C(Cc2ccc(C)n2-c2cccc(F)c2)C=C(CC)C3)c1. The van der Waals surface area contributed by atoms with Crippen LogP contribution in [0.25, 0.3) is 16.8 Å². The summed E-state index contributed by atoms with van der Waals surface area (Å²) in [4.78, 5) is 16.9. The summed E-state index contributed by atoms with van der Waals surface area (Å²) in [5, 5.41) is 0. The molecule has 0 aliphatic carbocycles. The van der Waals surface area contributed by atoms with Crippen LogP contribution in [0.4, 0.5) is 10.1 Å². The fourth-order valence-electron chi connectivity index (χ4n) is 5.07. The number of aldehydes is 1. The summed E-state index contributed by atoms with van der Waals surface area (Å²) in [7, 11) is 0. The Kier molecular flexibility index (Phi) is 7.36. The number of rotatable bonds is 8. The van der Waals surface area contributed by atoms with Crippen molar-refractivity contribution in [1.29, 1.82) is 0 Å². The van der Waals surface area contributed by atoms with Crippen molar-refractivity contribution in [3.63, 3.8) is 0 Å². The van der Waals surface area contributed by atoms with Gasteiger partial charge in [0.05, 0.1) is 12.3 Å². The first-order valence-corrected chi connectivity index (χ1v) is 13.0. The molecule has 0 radical (unpaired) electrons. The Bertz CT molecular complexity index is 1560. The molecule has 1 aliphatic rings. The van der Waals surface area contributed by atoms with Crippen LogP contribution in [0.1, 0.15) is 47.6 Å². The van der Waals surface area contributed by atoms with Gasteiger partial charge in [-0.25, -0.2) is 4.39 Å². The van der Waals surface area contributed by atoms with E-state index in [1.54, 1.807) is 18.2 Å². The highest BCUT2D eigenvalue weighted by Crippen LogP contribution is 2.35. The number of aliphatic imine (C=N–C) groups is 1. The number of carbonyl (C=O) groups is 1. The van der Waals surface area contributed by atoms with Gasteiger partial charge in [-0.2, -0.15) is 0 Å². The lowest BCUT2D eigenvalue weighted by Crippen LogP contribution is -2.08. The highest BCUT2D eigenvalue weighted by molar-refractivity contribution is 6.00. The third kappa shape index (κ3) is 5.23. The quantitative estimate of drug-likeness (QED) is 0.227. The number of halogens is 1. The lowest BCUT2D eigenvalue weighted by Gasteiger charge is -2.13. The van der Waals surface area contributed by atoms with E-state index >= 15 is 0 Å². The summed E-state index contributed by atoms with van der Waals surface area (Å²) in [6, 6.07) is 22.6. The topological polar surface area (TPSA) is 43.6 Å². The molecule has 2 heterocycles. The van der Waals surface area contributed by atoms with Crippen LogP contribution in [0, 0.1) is 12.7 Å². The van der Waals surface area contributed by atoms with Crippen LogP contribution in [0.3, 0.4) is 0 Å². The Morgan fingerprint density at radius 3 is 2.66 bits per heavy atom. The molecular weight excluding hydrogens is 475 g/mol. The molecule has 5 rings (SSSR count). The van der Waals surface area contributed by atoms with Crippen LogP contribution in [0.2, 0.25) is 0 Å². The molecule has 1 aliphatic heterocycles. The first kappa shape index (κ1) is 25.4. The molecule has 3 aromatic carbocycles. The standard InChI is InChI=1S/C33H31FN2O2/c1-4-23-15-25-11-10-24(32-20-31(38-5-2)14-12-26(32)21-37)17-33(25)35-28(16-23)19-30-13-9-22(3)36(30)29-8-6-7-27(34)18-29/h6-14,16-18,20-21H,4-5,15,19H2,1-3H3. The molecule has 0 fully saturated rings. The molecule has 0 N–H and O–H groups in total. The second kappa shape index (κ2) is 11.0. The summed E-state index contributed by atoms with van der Waals surface area (Å²) in [6.45, 7) is 6.69. The third-order valence-electron chi connectivity index (χ3n) is 6.95. The first-order valence-electron chi connectivity index (χ1n) is 13.0. The fourth-order valence-corrected chi connectivity index (χ4v) is 5.07. The number of benzene rings is 3. The van der Waals surface area contributed by atoms with Crippen molar-refractivity contribution < 1.29 is 13.9 Å². The number of carbonyl (C=O) groups excluding carboxylic acids is 1. The second-order valence-electron chi connectivity index (χ2n) is 9.54. The van der Waals surface area contributed by atoms with Gasteiger partial charge in [0.25, 0.3) is 0 Å². The lowest BCUT2D eigenvalue weighted by molar-refractivity contribution is 0.112. The van der Waals surface area contributed by atoms with Crippen molar-refractivity contribution in [2.24, 2.45) is 4.99 Å². The molecule has 38 heavy (non-hydrogen) atoms. The number of hydrogen-bond donors (Lipinski definition) is 0. The molecular formula is C33H31FN2O2. The minimum atomic E-state index is -0.258. The maximum Gasteiger partial charge on any atom is 0.150 e. The summed E-state index contributed by atoms with van der Waals surface area (Å²) in [5.74, 6) is 0.474. The van der Waals surface area contributed by atoms with E-state index in [9.17, 15) is 9.18 Å². The monoisotopic (exact) mass is 506 g/mol. The van der Waals surface area contributed by atoms with E-state index < -0.39 is 0 Å². The number of ether oxygens (including phenoxy) is 1. The normalized spacial score (nSPS) is 12.8.